The fourth-order valence-corrected chi connectivity index (χ4v) is 2.72. The molecular formula is C12H16BrClN4. The van der Waals surface area contributed by atoms with Crippen molar-refractivity contribution in [1.29, 1.82) is 0 Å². The maximum absolute atomic E-state index is 6.02. The third kappa shape index (κ3) is 2.34. The first-order chi connectivity index (χ1) is 8.58. The second kappa shape index (κ2) is 5.45. The third-order valence-corrected chi connectivity index (χ3v) is 4.32. The van der Waals surface area contributed by atoms with E-state index in [4.69, 9.17) is 11.6 Å². The summed E-state index contributed by atoms with van der Waals surface area (Å²) in [5.41, 5.74) is 3.20. The summed E-state index contributed by atoms with van der Waals surface area (Å²) in [5, 5.41) is 9.56. The molecule has 0 aromatic carbocycles. The van der Waals surface area contributed by atoms with Gasteiger partial charge in [-0.2, -0.15) is 10.2 Å². The van der Waals surface area contributed by atoms with E-state index in [2.05, 4.69) is 40.0 Å². The number of nitrogens with zero attached hydrogens (tertiary/aromatic N) is 4. The van der Waals surface area contributed by atoms with Crippen molar-refractivity contribution in [3.8, 4) is 0 Å². The highest BCUT2D eigenvalue weighted by Crippen LogP contribution is 2.24. The van der Waals surface area contributed by atoms with Gasteiger partial charge in [-0.3, -0.25) is 9.36 Å². The lowest BCUT2D eigenvalue weighted by Gasteiger charge is -2.07. The molecule has 0 amide bonds. The fraction of sp³-hybridized carbons (Fsp3) is 0.500. The first-order valence-corrected chi connectivity index (χ1v) is 7.17. The molecule has 0 aliphatic rings. The van der Waals surface area contributed by atoms with Crippen LogP contribution in [0.2, 0.25) is 5.02 Å². The highest BCUT2D eigenvalue weighted by molar-refractivity contribution is 9.10. The molecule has 0 aliphatic carbocycles. The maximum atomic E-state index is 6.02. The van der Waals surface area contributed by atoms with E-state index in [9.17, 15) is 0 Å². The first-order valence-electron chi connectivity index (χ1n) is 6.00. The minimum atomic E-state index is 0.681. The van der Waals surface area contributed by atoms with Crippen LogP contribution < -0.4 is 0 Å². The van der Waals surface area contributed by atoms with E-state index in [-0.39, 0.29) is 0 Å². The SMILES string of the molecule is CCc1nn(CC)c(Cn2ncc(Cl)c2C)c1Br. The van der Waals surface area contributed by atoms with Gasteiger partial charge >= 0.3 is 0 Å². The van der Waals surface area contributed by atoms with Crippen molar-refractivity contribution in [1.82, 2.24) is 19.6 Å². The summed E-state index contributed by atoms with van der Waals surface area (Å²) in [6, 6.07) is 0. The van der Waals surface area contributed by atoms with Crippen molar-refractivity contribution in [3.05, 3.63) is 32.8 Å². The summed E-state index contributed by atoms with van der Waals surface area (Å²) in [6.07, 6.45) is 2.59. The molecule has 0 saturated carbocycles. The Morgan fingerprint density at radius 3 is 2.56 bits per heavy atom. The average Bonchev–Trinajstić information content (AvgIpc) is 2.85. The molecule has 4 nitrogen and oxygen atoms in total. The van der Waals surface area contributed by atoms with Gasteiger partial charge in [0.25, 0.3) is 0 Å². The lowest BCUT2D eigenvalue weighted by Crippen LogP contribution is -2.10. The number of aryl methyl sites for hydroxylation is 2. The Hall–Kier alpha value is -0.810. The zero-order valence-electron chi connectivity index (χ0n) is 10.7. The molecule has 6 heteroatoms. The normalized spacial score (nSPS) is 11.2. The van der Waals surface area contributed by atoms with Gasteiger partial charge in [-0.25, -0.2) is 0 Å². The molecule has 98 valence electrons. The summed E-state index contributed by atoms with van der Waals surface area (Å²) < 4.78 is 4.99. The summed E-state index contributed by atoms with van der Waals surface area (Å²) in [6.45, 7) is 7.69. The van der Waals surface area contributed by atoms with Gasteiger partial charge in [0.2, 0.25) is 0 Å². The van der Waals surface area contributed by atoms with Crippen LogP contribution >= 0.6 is 27.5 Å². The van der Waals surface area contributed by atoms with Crippen LogP contribution in [0.15, 0.2) is 10.7 Å². The van der Waals surface area contributed by atoms with Gasteiger partial charge in [0.1, 0.15) is 0 Å². The monoisotopic (exact) mass is 330 g/mol. The number of hydrogen-bond donors (Lipinski definition) is 0. The maximum Gasteiger partial charge on any atom is 0.0843 e. The molecule has 0 spiro atoms. The summed E-state index contributed by atoms with van der Waals surface area (Å²) >= 11 is 9.66. The van der Waals surface area contributed by atoms with Crippen LogP contribution in [0.4, 0.5) is 0 Å². The molecule has 0 N–H and O–H groups in total. The third-order valence-electron chi connectivity index (χ3n) is 3.04. The van der Waals surface area contributed by atoms with Crippen molar-refractivity contribution >= 4 is 27.5 Å². The molecule has 2 aromatic rings. The van der Waals surface area contributed by atoms with Gasteiger partial charge in [-0.1, -0.05) is 18.5 Å². The smallest absolute Gasteiger partial charge is 0.0843 e. The highest BCUT2D eigenvalue weighted by atomic mass is 79.9. The van der Waals surface area contributed by atoms with Crippen molar-refractivity contribution in [2.75, 3.05) is 0 Å². The Kier molecular flexibility index (Phi) is 4.12. The van der Waals surface area contributed by atoms with Crippen molar-refractivity contribution < 1.29 is 0 Å². The molecule has 0 saturated heterocycles. The quantitative estimate of drug-likeness (QED) is 0.860. The highest BCUT2D eigenvalue weighted by Gasteiger charge is 2.15. The second-order valence-electron chi connectivity index (χ2n) is 4.11. The zero-order valence-corrected chi connectivity index (χ0v) is 13.1. The van der Waals surface area contributed by atoms with Gasteiger partial charge < -0.3 is 0 Å². The number of halogens is 2. The van der Waals surface area contributed by atoms with Crippen molar-refractivity contribution in [3.63, 3.8) is 0 Å². The number of aromatic nitrogens is 4. The van der Waals surface area contributed by atoms with E-state index in [0.29, 0.717) is 11.6 Å². The molecule has 0 atom stereocenters. The van der Waals surface area contributed by atoms with Crippen molar-refractivity contribution in [2.45, 2.75) is 40.3 Å². The number of rotatable bonds is 4. The van der Waals surface area contributed by atoms with Gasteiger partial charge in [0.05, 0.1) is 39.3 Å². The van der Waals surface area contributed by atoms with Crippen LogP contribution in [0.25, 0.3) is 0 Å². The van der Waals surface area contributed by atoms with Gasteiger partial charge in [-0.05, 0) is 36.2 Å². The molecule has 2 heterocycles. The standard InChI is InChI=1S/C12H16BrClN4/c1-4-10-12(13)11(17(5-2)16-10)7-18-8(3)9(14)6-15-18/h6H,4-5,7H2,1-3H3. The van der Waals surface area contributed by atoms with E-state index in [1.165, 1.54) is 0 Å². The molecular weight excluding hydrogens is 316 g/mol. The van der Waals surface area contributed by atoms with Crippen LogP contribution in [-0.4, -0.2) is 19.6 Å². The zero-order chi connectivity index (χ0) is 13.3. The Labute approximate surface area is 120 Å². The first kappa shape index (κ1) is 13.6. The van der Waals surface area contributed by atoms with Crippen molar-refractivity contribution in [2.24, 2.45) is 0 Å². The van der Waals surface area contributed by atoms with E-state index in [1.807, 2.05) is 16.3 Å². The van der Waals surface area contributed by atoms with Crippen LogP contribution in [0.5, 0.6) is 0 Å². The Balaban J connectivity index is 2.39. The Morgan fingerprint density at radius 2 is 2.06 bits per heavy atom. The summed E-state index contributed by atoms with van der Waals surface area (Å²) in [7, 11) is 0. The van der Waals surface area contributed by atoms with E-state index in [0.717, 1.165) is 34.5 Å². The summed E-state index contributed by atoms with van der Waals surface area (Å²) in [5.74, 6) is 0. The van der Waals surface area contributed by atoms with Gasteiger partial charge in [-0.15, -0.1) is 0 Å². The predicted octanol–water partition coefficient (Wildman–Crippen LogP) is 3.43. The summed E-state index contributed by atoms with van der Waals surface area (Å²) in [4.78, 5) is 0. The van der Waals surface area contributed by atoms with Gasteiger partial charge in [0, 0.05) is 6.54 Å². The van der Waals surface area contributed by atoms with E-state index < -0.39 is 0 Å². The van der Waals surface area contributed by atoms with E-state index in [1.54, 1.807) is 6.20 Å². The Bertz CT molecular complexity index is 559. The minimum absolute atomic E-state index is 0.681. The Morgan fingerprint density at radius 1 is 1.33 bits per heavy atom. The molecule has 0 radical (unpaired) electrons. The largest absolute Gasteiger partial charge is 0.267 e. The lowest BCUT2D eigenvalue weighted by atomic mass is 10.3. The number of hydrogen-bond acceptors (Lipinski definition) is 2. The topological polar surface area (TPSA) is 35.6 Å². The average molecular weight is 332 g/mol. The van der Waals surface area contributed by atoms with Crippen LogP contribution in [0.3, 0.4) is 0 Å². The second-order valence-corrected chi connectivity index (χ2v) is 5.31. The molecule has 0 fully saturated rings. The van der Waals surface area contributed by atoms with Crippen LogP contribution in [0, 0.1) is 6.92 Å². The lowest BCUT2D eigenvalue weighted by molar-refractivity contribution is 0.566. The molecule has 2 rings (SSSR count). The minimum Gasteiger partial charge on any atom is -0.267 e. The predicted molar refractivity (Wildman–Crippen MR) is 76.1 cm³/mol. The fourth-order valence-electron chi connectivity index (χ4n) is 1.89. The van der Waals surface area contributed by atoms with Crippen LogP contribution in [0.1, 0.15) is 30.9 Å². The molecule has 0 unspecified atom stereocenters. The van der Waals surface area contributed by atoms with E-state index >= 15 is 0 Å². The molecule has 0 bridgehead atoms. The molecule has 2 aromatic heterocycles. The van der Waals surface area contributed by atoms with Gasteiger partial charge in [0.15, 0.2) is 0 Å². The molecule has 0 aliphatic heterocycles. The van der Waals surface area contributed by atoms with Crippen LogP contribution in [-0.2, 0) is 19.5 Å². The molecule has 18 heavy (non-hydrogen) atoms.